The first-order chi connectivity index (χ1) is 12.4. The first-order valence-corrected chi connectivity index (χ1v) is 8.50. The smallest absolute Gasteiger partial charge is 0.333 e. The number of carbonyl (C=O) groups is 3. The quantitative estimate of drug-likeness (QED) is 0.349. The number of rotatable bonds is 5. The Labute approximate surface area is 152 Å². The van der Waals surface area contributed by atoms with Crippen LogP contribution in [0.1, 0.15) is 5.69 Å². The van der Waals surface area contributed by atoms with Crippen molar-refractivity contribution in [2.45, 2.75) is 11.4 Å². The van der Waals surface area contributed by atoms with Gasteiger partial charge in [0.05, 0.1) is 5.57 Å². The van der Waals surface area contributed by atoms with Gasteiger partial charge in [0.15, 0.2) is 5.71 Å². The molecule has 136 valence electrons. The Kier molecular flexibility index (Phi) is 4.80. The van der Waals surface area contributed by atoms with E-state index < -0.39 is 23.8 Å². The van der Waals surface area contributed by atoms with Crippen LogP contribution in [0.5, 0.6) is 0 Å². The molecule has 1 unspecified atom stereocenters. The van der Waals surface area contributed by atoms with Crippen molar-refractivity contribution in [1.82, 2.24) is 15.2 Å². The van der Waals surface area contributed by atoms with Gasteiger partial charge in [-0.05, 0) is 12.1 Å². The van der Waals surface area contributed by atoms with Gasteiger partial charge in [-0.3, -0.25) is 9.59 Å². The summed E-state index contributed by atoms with van der Waals surface area (Å²) in [6.45, 7) is 0. The van der Waals surface area contributed by atoms with E-state index in [0.29, 0.717) is 0 Å². The molecule has 1 fully saturated rings. The molecule has 0 radical (unpaired) electrons. The highest BCUT2D eigenvalue weighted by molar-refractivity contribution is 8.00. The summed E-state index contributed by atoms with van der Waals surface area (Å²) in [5.74, 6) is -1.66. The average Bonchev–Trinajstić information content (AvgIpc) is 2.63. The Morgan fingerprint density at radius 1 is 1.50 bits per heavy atom. The number of fused-ring (bicyclic) bond motifs is 1. The Balaban J connectivity index is 1.75. The second-order valence-electron chi connectivity index (χ2n) is 5.43. The molecule has 1 saturated heterocycles. The van der Waals surface area contributed by atoms with E-state index in [1.54, 1.807) is 18.2 Å². The summed E-state index contributed by atoms with van der Waals surface area (Å²) in [5, 5.41) is 14.9. The van der Waals surface area contributed by atoms with Gasteiger partial charge >= 0.3 is 5.97 Å². The molecular weight excluding hydrogens is 362 g/mol. The zero-order chi connectivity index (χ0) is 18.8. The monoisotopic (exact) mass is 377 g/mol. The number of amides is 2. The minimum Gasteiger partial charge on any atom is -0.478 e. The van der Waals surface area contributed by atoms with E-state index in [9.17, 15) is 14.4 Å². The van der Waals surface area contributed by atoms with Gasteiger partial charge in [0, 0.05) is 12.0 Å². The number of anilines is 1. The van der Waals surface area contributed by atoms with Crippen LogP contribution in [0.3, 0.4) is 0 Å². The number of carbonyl (C=O) groups excluding carboxylic acids is 2. The molecule has 2 aliphatic heterocycles. The van der Waals surface area contributed by atoms with Gasteiger partial charge in [-0.25, -0.2) is 9.78 Å². The predicted octanol–water partition coefficient (Wildman–Crippen LogP) is -0.617. The number of carboxylic acid groups (broad SMARTS) is 1. The van der Waals surface area contributed by atoms with Crippen LogP contribution in [-0.2, 0) is 19.2 Å². The van der Waals surface area contributed by atoms with Crippen LogP contribution in [0.4, 0.5) is 5.82 Å². The summed E-state index contributed by atoms with van der Waals surface area (Å²) in [5.41, 5.74) is 5.84. The number of β-lactam (4-membered cyclic amide) rings is 1. The molecule has 11 heteroatoms. The largest absolute Gasteiger partial charge is 0.478 e. The van der Waals surface area contributed by atoms with Crippen molar-refractivity contribution in [3.8, 4) is 0 Å². The summed E-state index contributed by atoms with van der Waals surface area (Å²) in [6.07, 6.45) is 1.30. The molecule has 0 spiro atoms. The number of carboxylic acids is 1. The third-order valence-electron chi connectivity index (χ3n) is 3.76. The van der Waals surface area contributed by atoms with Gasteiger partial charge < -0.3 is 25.9 Å². The highest BCUT2D eigenvalue weighted by atomic mass is 32.2. The average molecular weight is 377 g/mol. The first kappa shape index (κ1) is 17.7. The van der Waals surface area contributed by atoms with Crippen LogP contribution >= 0.6 is 11.8 Å². The van der Waals surface area contributed by atoms with Crippen molar-refractivity contribution in [3.05, 3.63) is 35.7 Å². The van der Waals surface area contributed by atoms with Gasteiger partial charge in [0.2, 0.25) is 0 Å². The third kappa shape index (κ3) is 3.20. The van der Waals surface area contributed by atoms with Crippen molar-refractivity contribution < 1.29 is 24.3 Å². The van der Waals surface area contributed by atoms with Crippen LogP contribution < -0.4 is 11.1 Å². The molecule has 3 heterocycles. The Morgan fingerprint density at radius 3 is 2.92 bits per heavy atom. The van der Waals surface area contributed by atoms with Gasteiger partial charge in [-0.1, -0.05) is 11.2 Å². The second-order valence-corrected chi connectivity index (χ2v) is 6.53. The number of nitrogens with zero attached hydrogens (tertiary/aromatic N) is 3. The summed E-state index contributed by atoms with van der Waals surface area (Å²) >= 11 is 1.26. The maximum atomic E-state index is 12.5. The van der Waals surface area contributed by atoms with Crippen molar-refractivity contribution in [2.75, 3.05) is 18.6 Å². The highest BCUT2D eigenvalue weighted by Crippen LogP contribution is 2.36. The van der Waals surface area contributed by atoms with Crippen LogP contribution in [-0.4, -0.2) is 62.8 Å². The lowest BCUT2D eigenvalue weighted by Crippen LogP contribution is -2.69. The van der Waals surface area contributed by atoms with Gasteiger partial charge in [0.1, 0.15) is 30.0 Å². The first-order valence-electron chi connectivity index (χ1n) is 7.45. The zero-order valence-corrected chi connectivity index (χ0v) is 14.4. The van der Waals surface area contributed by atoms with Crippen molar-refractivity contribution in [3.63, 3.8) is 0 Å². The number of oxime groups is 1. The van der Waals surface area contributed by atoms with Gasteiger partial charge in [0.25, 0.3) is 11.8 Å². The number of pyridine rings is 1. The molecule has 0 aromatic carbocycles. The van der Waals surface area contributed by atoms with E-state index in [1.807, 2.05) is 0 Å². The predicted molar refractivity (Wildman–Crippen MR) is 92.9 cm³/mol. The molecule has 1 aromatic heterocycles. The SMILES string of the molecule is CON=C(C(=O)NC1C(=O)N2C=C(C(=O)O)CS[C@H]12)c1cccc(N)n1. The van der Waals surface area contributed by atoms with E-state index in [1.165, 1.54) is 30.0 Å². The van der Waals surface area contributed by atoms with Crippen molar-refractivity contribution in [2.24, 2.45) is 5.16 Å². The Morgan fingerprint density at radius 2 is 2.27 bits per heavy atom. The number of nitrogens with two attached hydrogens (primary N) is 1. The lowest BCUT2D eigenvalue weighted by atomic mass is 10.1. The lowest BCUT2D eigenvalue weighted by molar-refractivity contribution is -0.144. The molecule has 1 aromatic rings. The molecule has 0 aliphatic carbocycles. The van der Waals surface area contributed by atoms with Crippen molar-refractivity contribution >= 4 is 41.1 Å². The molecule has 2 atom stereocenters. The molecule has 3 rings (SSSR count). The van der Waals surface area contributed by atoms with Crippen LogP contribution in [0.25, 0.3) is 0 Å². The normalized spacial score (nSPS) is 22.0. The molecule has 0 saturated carbocycles. The Bertz CT molecular complexity index is 839. The molecule has 2 aliphatic rings. The molecule has 4 N–H and O–H groups in total. The molecular formula is C15H15N5O5S. The lowest BCUT2D eigenvalue weighted by Gasteiger charge is -2.46. The second kappa shape index (κ2) is 7.04. The number of nitrogen functional groups attached to an aromatic ring is 1. The number of hydrogen-bond donors (Lipinski definition) is 3. The van der Waals surface area contributed by atoms with E-state index in [-0.39, 0.29) is 33.9 Å². The van der Waals surface area contributed by atoms with E-state index >= 15 is 0 Å². The molecule has 2 amide bonds. The van der Waals surface area contributed by atoms with Crippen molar-refractivity contribution in [1.29, 1.82) is 0 Å². The number of hydrogen-bond acceptors (Lipinski definition) is 8. The maximum Gasteiger partial charge on any atom is 0.333 e. The fourth-order valence-electron chi connectivity index (χ4n) is 2.52. The fourth-order valence-corrected chi connectivity index (χ4v) is 3.77. The minimum atomic E-state index is -1.07. The third-order valence-corrected chi connectivity index (χ3v) is 5.08. The van der Waals surface area contributed by atoms with Crippen LogP contribution in [0.2, 0.25) is 0 Å². The molecule has 10 nitrogen and oxygen atoms in total. The maximum absolute atomic E-state index is 12.5. The standard InChI is InChI=1S/C15H15N5O5S/c1-25-19-10(8-3-2-4-9(16)17-8)12(21)18-11-13(22)20-5-7(15(23)24)6-26-14(11)20/h2-5,11,14H,6H2,1H3,(H2,16,17)(H,18,21)(H,23,24)/t11?,14-/m1/s1. The number of thioether (sulfide) groups is 1. The summed E-state index contributed by atoms with van der Waals surface area (Å²) in [4.78, 5) is 45.8. The minimum absolute atomic E-state index is 0.117. The van der Waals surface area contributed by atoms with Crippen LogP contribution in [0.15, 0.2) is 35.1 Å². The Hall–Kier alpha value is -3.08. The van der Waals surface area contributed by atoms with Gasteiger partial charge in [-0.15, -0.1) is 11.8 Å². The molecule has 26 heavy (non-hydrogen) atoms. The number of aromatic nitrogens is 1. The summed E-state index contributed by atoms with van der Waals surface area (Å²) in [6, 6.07) is 3.92. The number of aliphatic carboxylic acids is 1. The van der Waals surface area contributed by atoms with E-state index in [4.69, 9.17) is 15.7 Å². The zero-order valence-electron chi connectivity index (χ0n) is 13.6. The fraction of sp³-hybridized carbons (Fsp3) is 0.267. The summed E-state index contributed by atoms with van der Waals surface area (Å²) in [7, 11) is 1.28. The molecule has 0 bridgehead atoms. The number of nitrogens with one attached hydrogen (secondary N) is 1. The topological polar surface area (TPSA) is 147 Å². The summed E-state index contributed by atoms with van der Waals surface area (Å²) < 4.78 is 0. The van der Waals surface area contributed by atoms with E-state index in [0.717, 1.165) is 0 Å². The van der Waals surface area contributed by atoms with Crippen LogP contribution in [0, 0.1) is 0 Å². The highest BCUT2D eigenvalue weighted by Gasteiger charge is 2.50. The van der Waals surface area contributed by atoms with E-state index in [2.05, 4.69) is 15.5 Å². The van der Waals surface area contributed by atoms with Gasteiger partial charge in [-0.2, -0.15) is 0 Å².